The molecule has 8 nitrogen and oxygen atoms in total. The quantitative estimate of drug-likeness (QED) is 0.367. The molecule has 0 spiro atoms. The van der Waals surface area contributed by atoms with Gasteiger partial charge in [-0.2, -0.15) is 0 Å². The Bertz CT molecular complexity index is 874. The predicted octanol–water partition coefficient (Wildman–Crippen LogP) is 0.997. The Balaban J connectivity index is 1.62. The minimum absolute atomic E-state index is 0.192. The Labute approximate surface area is 169 Å². The van der Waals surface area contributed by atoms with Crippen molar-refractivity contribution < 1.29 is 23.9 Å². The van der Waals surface area contributed by atoms with Crippen LogP contribution in [-0.2, 0) is 19.1 Å². The van der Waals surface area contributed by atoms with E-state index in [-0.39, 0.29) is 31.3 Å². The summed E-state index contributed by atoms with van der Waals surface area (Å²) in [5.41, 5.74) is 2.26. The molecule has 3 amide bonds. The number of carbonyl (C=O) groups excluding carboxylic acids is 3. The summed E-state index contributed by atoms with van der Waals surface area (Å²) in [7, 11) is 0. The van der Waals surface area contributed by atoms with Gasteiger partial charge in [-0.15, -0.1) is 6.42 Å². The molecule has 0 aromatic heterocycles. The second-order valence-electron chi connectivity index (χ2n) is 6.61. The lowest BCUT2D eigenvalue weighted by Crippen LogP contribution is -2.52. The molecule has 2 heterocycles. The Morgan fingerprint density at radius 3 is 2.79 bits per heavy atom. The van der Waals surface area contributed by atoms with Crippen LogP contribution in [0.2, 0.25) is 0 Å². The number of amides is 3. The SMILES string of the molecule is C#CCOCCOCCNc1cccc2c1C(=O)N(C1CCC(=O)NC1=O)C2=C. The zero-order valence-electron chi connectivity index (χ0n) is 16.0. The average molecular weight is 397 g/mol. The van der Waals surface area contributed by atoms with Crippen LogP contribution in [0.3, 0.4) is 0 Å². The van der Waals surface area contributed by atoms with Crippen LogP contribution in [0.1, 0.15) is 28.8 Å². The summed E-state index contributed by atoms with van der Waals surface area (Å²) in [6.07, 6.45) is 5.56. The number of nitrogens with one attached hydrogen (secondary N) is 2. The van der Waals surface area contributed by atoms with Crippen molar-refractivity contribution in [1.82, 2.24) is 10.2 Å². The van der Waals surface area contributed by atoms with Gasteiger partial charge in [-0.1, -0.05) is 24.6 Å². The van der Waals surface area contributed by atoms with E-state index in [1.165, 1.54) is 4.90 Å². The van der Waals surface area contributed by atoms with Gasteiger partial charge in [0.25, 0.3) is 5.91 Å². The lowest BCUT2D eigenvalue weighted by atomic mass is 10.0. The maximum absolute atomic E-state index is 13.1. The molecular formula is C21H23N3O5. The van der Waals surface area contributed by atoms with E-state index in [1.807, 2.05) is 6.07 Å². The number of imide groups is 1. The molecule has 2 aliphatic rings. The van der Waals surface area contributed by atoms with Crippen molar-refractivity contribution in [2.24, 2.45) is 0 Å². The summed E-state index contributed by atoms with van der Waals surface area (Å²) >= 11 is 0. The molecule has 1 atom stereocenters. The van der Waals surface area contributed by atoms with Gasteiger partial charge in [-0.25, -0.2) is 0 Å². The van der Waals surface area contributed by atoms with Crippen LogP contribution in [0.15, 0.2) is 24.8 Å². The second-order valence-corrected chi connectivity index (χ2v) is 6.61. The number of rotatable bonds is 9. The number of hydrogen-bond acceptors (Lipinski definition) is 6. The Morgan fingerprint density at radius 1 is 1.24 bits per heavy atom. The summed E-state index contributed by atoms with van der Waals surface area (Å²) in [6, 6.07) is 4.68. The Kier molecular flexibility index (Phi) is 6.65. The van der Waals surface area contributed by atoms with Crippen molar-refractivity contribution >= 4 is 29.1 Å². The van der Waals surface area contributed by atoms with Crippen LogP contribution in [0, 0.1) is 12.3 Å². The van der Waals surface area contributed by atoms with Gasteiger partial charge in [0, 0.05) is 29.9 Å². The highest BCUT2D eigenvalue weighted by molar-refractivity contribution is 6.15. The van der Waals surface area contributed by atoms with Gasteiger partial charge in [0.15, 0.2) is 0 Å². The fraction of sp³-hybridized carbons (Fsp3) is 0.381. The minimum Gasteiger partial charge on any atom is -0.382 e. The van der Waals surface area contributed by atoms with Gasteiger partial charge in [0.2, 0.25) is 11.8 Å². The second kappa shape index (κ2) is 9.37. The van der Waals surface area contributed by atoms with Crippen LogP contribution in [0.4, 0.5) is 5.69 Å². The van der Waals surface area contributed by atoms with Crippen LogP contribution in [0.25, 0.3) is 5.70 Å². The van der Waals surface area contributed by atoms with E-state index in [0.717, 1.165) is 0 Å². The molecular weight excluding hydrogens is 374 g/mol. The van der Waals surface area contributed by atoms with Gasteiger partial charge in [0.05, 0.1) is 25.4 Å². The van der Waals surface area contributed by atoms with Crippen molar-refractivity contribution in [3.63, 3.8) is 0 Å². The van der Waals surface area contributed by atoms with Gasteiger partial charge in [-0.05, 0) is 12.5 Å². The molecule has 0 saturated carbocycles. The molecule has 3 rings (SSSR count). The number of benzene rings is 1. The van der Waals surface area contributed by atoms with Crippen molar-refractivity contribution in [3.05, 3.63) is 35.9 Å². The van der Waals surface area contributed by atoms with Crippen LogP contribution in [-0.4, -0.2) is 61.6 Å². The van der Waals surface area contributed by atoms with Gasteiger partial charge >= 0.3 is 0 Å². The maximum Gasteiger partial charge on any atom is 0.261 e. The lowest BCUT2D eigenvalue weighted by Gasteiger charge is -2.30. The number of piperidine rings is 1. The summed E-state index contributed by atoms with van der Waals surface area (Å²) in [5.74, 6) is 1.28. The van der Waals surface area contributed by atoms with Crippen molar-refractivity contribution in [2.45, 2.75) is 18.9 Å². The molecule has 0 radical (unpaired) electrons. The van der Waals surface area contributed by atoms with E-state index in [1.54, 1.807) is 12.1 Å². The maximum atomic E-state index is 13.1. The largest absolute Gasteiger partial charge is 0.382 e. The third-order valence-electron chi connectivity index (χ3n) is 4.74. The first-order valence-corrected chi connectivity index (χ1v) is 9.37. The van der Waals surface area contributed by atoms with E-state index < -0.39 is 11.9 Å². The van der Waals surface area contributed by atoms with E-state index >= 15 is 0 Å². The summed E-state index contributed by atoms with van der Waals surface area (Å²) in [4.78, 5) is 38.1. The first-order valence-electron chi connectivity index (χ1n) is 9.37. The summed E-state index contributed by atoms with van der Waals surface area (Å²) in [5, 5.41) is 5.49. The smallest absolute Gasteiger partial charge is 0.261 e. The van der Waals surface area contributed by atoms with E-state index in [9.17, 15) is 14.4 Å². The van der Waals surface area contributed by atoms with Gasteiger partial charge in [0.1, 0.15) is 12.6 Å². The highest BCUT2D eigenvalue weighted by atomic mass is 16.5. The minimum atomic E-state index is -0.737. The normalized spacial score (nSPS) is 18.4. The number of hydrogen-bond donors (Lipinski definition) is 2. The zero-order chi connectivity index (χ0) is 20.8. The highest BCUT2D eigenvalue weighted by Crippen LogP contribution is 2.38. The van der Waals surface area contributed by atoms with E-state index in [2.05, 4.69) is 23.1 Å². The third kappa shape index (κ3) is 4.47. The summed E-state index contributed by atoms with van der Waals surface area (Å²) < 4.78 is 10.6. The zero-order valence-corrected chi connectivity index (χ0v) is 16.0. The lowest BCUT2D eigenvalue weighted by molar-refractivity contribution is -0.136. The molecule has 0 bridgehead atoms. The molecule has 0 aliphatic carbocycles. The highest BCUT2D eigenvalue weighted by Gasteiger charge is 2.42. The fourth-order valence-electron chi connectivity index (χ4n) is 3.41. The number of fused-ring (bicyclic) bond motifs is 1. The number of carbonyl (C=O) groups is 3. The van der Waals surface area contributed by atoms with Crippen LogP contribution in [0.5, 0.6) is 0 Å². The van der Waals surface area contributed by atoms with E-state index in [0.29, 0.717) is 48.9 Å². The number of terminal acetylenes is 1. The molecule has 29 heavy (non-hydrogen) atoms. The molecule has 152 valence electrons. The van der Waals surface area contributed by atoms with E-state index in [4.69, 9.17) is 15.9 Å². The Morgan fingerprint density at radius 2 is 2.03 bits per heavy atom. The van der Waals surface area contributed by atoms with Crippen LogP contribution >= 0.6 is 0 Å². The molecule has 1 fully saturated rings. The van der Waals surface area contributed by atoms with Crippen molar-refractivity contribution in [3.8, 4) is 12.3 Å². The molecule has 1 saturated heterocycles. The first-order chi connectivity index (χ1) is 14.0. The van der Waals surface area contributed by atoms with Crippen molar-refractivity contribution in [1.29, 1.82) is 0 Å². The van der Waals surface area contributed by atoms with Crippen molar-refractivity contribution in [2.75, 3.05) is 38.3 Å². The topological polar surface area (TPSA) is 97.0 Å². The monoisotopic (exact) mass is 397 g/mol. The molecule has 8 heteroatoms. The standard InChI is InChI=1S/C21H23N3O5/c1-3-10-28-12-13-29-11-9-22-16-6-4-5-15-14(2)24(21(27)19(15)16)17-7-8-18(25)23-20(17)26/h1,4-6,17,22H,2,7-13H2,(H,23,25,26). The first kappa shape index (κ1) is 20.6. The molecule has 1 unspecified atom stereocenters. The molecule has 1 aromatic rings. The molecule has 2 N–H and O–H groups in total. The molecule has 2 aliphatic heterocycles. The van der Waals surface area contributed by atoms with Gasteiger partial charge in [-0.3, -0.25) is 24.6 Å². The predicted molar refractivity (Wildman–Crippen MR) is 107 cm³/mol. The third-order valence-corrected chi connectivity index (χ3v) is 4.74. The number of ether oxygens (including phenoxy) is 2. The number of anilines is 1. The number of nitrogens with zero attached hydrogens (tertiary/aromatic N) is 1. The fourth-order valence-corrected chi connectivity index (χ4v) is 3.41. The summed E-state index contributed by atoms with van der Waals surface area (Å²) in [6.45, 7) is 6.02. The van der Waals surface area contributed by atoms with Gasteiger partial charge < -0.3 is 14.8 Å². The Hall–Kier alpha value is -3.15. The molecule has 1 aromatic carbocycles. The van der Waals surface area contributed by atoms with Crippen LogP contribution < -0.4 is 10.6 Å². The average Bonchev–Trinajstić information content (AvgIpc) is 2.95.